The number of ether oxygens (including phenoxy) is 1. The van der Waals surface area contributed by atoms with Crippen molar-refractivity contribution in [3.05, 3.63) is 78.1 Å². The summed E-state index contributed by atoms with van der Waals surface area (Å²) in [7, 11) is 0. The lowest BCUT2D eigenvalue weighted by atomic mass is 10.00. The molecule has 0 spiro atoms. The molecule has 0 aromatic heterocycles. The summed E-state index contributed by atoms with van der Waals surface area (Å²) in [4.78, 5) is 26.5. The third-order valence-corrected chi connectivity index (χ3v) is 6.86. The lowest BCUT2D eigenvalue weighted by Gasteiger charge is -2.36. The zero-order chi connectivity index (χ0) is 23.5. The molecule has 1 amide bonds. The number of amides is 1. The highest BCUT2D eigenvalue weighted by molar-refractivity contribution is 8.14. The number of hydrazone groups is 1. The van der Waals surface area contributed by atoms with Crippen molar-refractivity contribution in [2.24, 2.45) is 5.10 Å². The van der Waals surface area contributed by atoms with E-state index < -0.39 is 5.97 Å². The van der Waals surface area contributed by atoms with Gasteiger partial charge in [0.15, 0.2) is 5.17 Å². The number of amidine groups is 1. The Kier molecular flexibility index (Phi) is 6.41. The summed E-state index contributed by atoms with van der Waals surface area (Å²) >= 11 is 1.37. The zero-order valence-electron chi connectivity index (χ0n) is 18.7. The van der Waals surface area contributed by atoms with Crippen LogP contribution in [-0.4, -0.2) is 51.5 Å². The molecule has 0 bridgehead atoms. The van der Waals surface area contributed by atoms with Gasteiger partial charge in [-0.05, 0) is 37.1 Å². The number of hydrogen-bond acceptors (Lipinski definition) is 9. The molecular formula is C24H26N6O3S. The van der Waals surface area contributed by atoms with Crippen LogP contribution in [0.1, 0.15) is 35.3 Å². The molecular weight excluding hydrogens is 452 g/mol. The number of nitrogens with one attached hydrogen (secondary N) is 3. The van der Waals surface area contributed by atoms with Crippen molar-refractivity contribution in [3.63, 3.8) is 0 Å². The summed E-state index contributed by atoms with van der Waals surface area (Å²) in [5, 5.41) is 10.2. The summed E-state index contributed by atoms with van der Waals surface area (Å²) in [5.41, 5.74) is 9.01. The number of rotatable bonds is 6. The minimum atomic E-state index is -0.410. The van der Waals surface area contributed by atoms with Crippen LogP contribution in [0, 0.1) is 0 Å². The largest absolute Gasteiger partial charge is 0.462 e. The molecule has 2 aromatic rings. The summed E-state index contributed by atoms with van der Waals surface area (Å²) in [6.45, 7) is 2.06. The van der Waals surface area contributed by atoms with Crippen molar-refractivity contribution in [2.75, 3.05) is 17.7 Å². The number of carbonyl (C=O) groups excluding carboxylic acids is 2. The summed E-state index contributed by atoms with van der Waals surface area (Å²) < 4.78 is 5.02. The maximum absolute atomic E-state index is 12.5. The predicted octanol–water partition coefficient (Wildman–Crippen LogP) is 2.84. The molecule has 2 aromatic carbocycles. The van der Waals surface area contributed by atoms with Gasteiger partial charge in [-0.25, -0.2) is 10.2 Å². The minimum absolute atomic E-state index is 0.00182. The molecule has 34 heavy (non-hydrogen) atoms. The van der Waals surface area contributed by atoms with Crippen molar-refractivity contribution in [1.82, 2.24) is 20.8 Å². The number of thioether (sulfide) groups is 1. The number of hydrazine groups is 1. The van der Waals surface area contributed by atoms with E-state index in [4.69, 9.17) is 4.74 Å². The van der Waals surface area contributed by atoms with E-state index in [0.29, 0.717) is 17.9 Å². The van der Waals surface area contributed by atoms with E-state index in [2.05, 4.69) is 55.4 Å². The second kappa shape index (κ2) is 9.78. The molecule has 1 saturated heterocycles. The normalized spacial score (nSPS) is 22.5. The van der Waals surface area contributed by atoms with E-state index in [0.717, 1.165) is 11.6 Å². The summed E-state index contributed by atoms with van der Waals surface area (Å²) in [6.07, 6.45) is 4.94. The van der Waals surface area contributed by atoms with E-state index in [1.165, 1.54) is 17.3 Å². The van der Waals surface area contributed by atoms with Crippen molar-refractivity contribution in [2.45, 2.75) is 31.6 Å². The SMILES string of the molecule is CCOC(=O)c1cccc(NC(=O)CSC2=NNC3C4CC(c5ccccc5)NN4C=CN23)c1. The summed E-state index contributed by atoms with van der Waals surface area (Å²) in [6, 6.07) is 17.6. The quantitative estimate of drug-likeness (QED) is 0.546. The number of anilines is 1. The van der Waals surface area contributed by atoms with Crippen molar-refractivity contribution in [1.29, 1.82) is 0 Å². The number of hydrogen-bond donors (Lipinski definition) is 3. The molecule has 5 rings (SSSR count). The Bertz CT molecular complexity index is 1120. The number of benzene rings is 2. The van der Waals surface area contributed by atoms with Gasteiger partial charge in [-0.3, -0.25) is 10.2 Å². The van der Waals surface area contributed by atoms with Crippen LogP contribution in [-0.2, 0) is 9.53 Å². The first-order chi connectivity index (χ1) is 16.6. The fourth-order valence-electron chi connectivity index (χ4n) is 4.32. The van der Waals surface area contributed by atoms with Gasteiger partial charge in [0.05, 0.1) is 30.0 Å². The average molecular weight is 479 g/mol. The molecule has 1 fully saturated rings. The summed E-state index contributed by atoms with van der Waals surface area (Å²) in [5.74, 6) is -0.390. The van der Waals surface area contributed by atoms with Crippen LogP contribution in [0.5, 0.6) is 0 Å². The fourth-order valence-corrected chi connectivity index (χ4v) is 5.09. The molecule has 3 unspecified atom stereocenters. The molecule has 3 aliphatic rings. The molecule has 176 valence electrons. The Hall–Kier alpha value is -3.50. The molecule has 0 radical (unpaired) electrons. The van der Waals surface area contributed by atoms with Crippen molar-refractivity contribution < 1.29 is 14.3 Å². The second-order valence-corrected chi connectivity index (χ2v) is 9.06. The first kappa shape index (κ1) is 22.3. The lowest BCUT2D eigenvalue weighted by molar-refractivity contribution is -0.113. The van der Waals surface area contributed by atoms with Crippen LogP contribution in [0.15, 0.2) is 72.1 Å². The van der Waals surface area contributed by atoms with Crippen LogP contribution in [0.4, 0.5) is 5.69 Å². The van der Waals surface area contributed by atoms with Gasteiger partial charge >= 0.3 is 5.97 Å². The Morgan fingerprint density at radius 3 is 2.85 bits per heavy atom. The Morgan fingerprint density at radius 2 is 2.03 bits per heavy atom. The van der Waals surface area contributed by atoms with Crippen LogP contribution in [0.2, 0.25) is 0 Å². The molecule has 3 aliphatic heterocycles. The van der Waals surface area contributed by atoms with E-state index in [1.54, 1.807) is 31.2 Å². The lowest BCUT2D eigenvalue weighted by Crippen LogP contribution is -2.54. The van der Waals surface area contributed by atoms with Gasteiger partial charge in [0.1, 0.15) is 6.17 Å². The highest BCUT2D eigenvalue weighted by Gasteiger charge is 2.44. The van der Waals surface area contributed by atoms with Gasteiger partial charge in [-0.1, -0.05) is 48.2 Å². The number of fused-ring (bicyclic) bond motifs is 3. The standard InChI is InChI=1S/C24H26N6O3S/c1-2-33-23(32)17-9-6-10-18(13-17)25-21(31)15-34-24-27-26-22-20-14-19(16-7-4-3-5-8-16)28-30(20)12-11-29(22)24/h3-13,19-20,22,26,28H,2,14-15H2,1H3,(H,25,31). The molecule has 0 aliphatic carbocycles. The van der Waals surface area contributed by atoms with Gasteiger partial charge in [0.2, 0.25) is 5.91 Å². The smallest absolute Gasteiger partial charge is 0.338 e. The van der Waals surface area contributed by atoms with Crippen LogP contribution < -0.4 is 16.2 Å². The second-order valence-electron chi connectivity index (χ2n) is 8.11. The number of carbonyl (C=O) groups is 2. The molecule has 0 saturated carbocycles. The molecule has 10 heteroatoms. The fraction of sp³-hybridized carbons (Fsp3) is 0.292. The van der Waals surface area contributed by atoms with Gasteiger partial charge in [-0.15, -0.1) is 0 Å². The molecule has 3 N–H and O–H groups in total. The highest BCUT2D eigenvalue weighted by atomic mass is 32.2. The van der Waals surface area contributed by atoms with Gasteiger partial charge in [0, 0.05) is 18.1 Å². The van der Waals surface area contributed by atoms with Gasteiger partial charge in [0.25, 0.3) is 0 Å². The van der Waals surface area contributed by atoms with Crippen LogP contribution in [0.25, 0.3) is 0 Å². The third kappa shape index (κ3) is 4.59. The zero-order valence-corrected chi connectivity index (χ0v) is 19.5. The molecule has 9 nitrogen and oxygen atoms in total. The van der Waals surface area contributed by atoms with E-state index in [1.807, 2.05) is 18.5 Å². The predicted molar refractivity (Wildman–Crippen MR) is 131 cm³/mol. The first-order valence-corrected chi connectivity index (χ1v) is 12.2. The van der Waals surface area contributed by atoms with Crippen LogP contribution >= 0.6 is 11.8 Å². The average Bonchev–Trinajstić information content (AvgIpc) is 3.48. The van der Waals surface area contributed by atoms with Crippen LogP contribution in [0.3, 0.4) is 0 Å². The highest BCUT2D eigenvalue weighted by Crippen LogP contribution is 2.35. The third-order valence-electron chi connectivity index (χ3n) is 5.90. The number of esters is 1. The maximum Gasteiger partial charge on any atom is 0.338 e. The monoisotopic (exact) mass is 478 g/mol. The van der Waals surface area contributed by atoms with Gasteiger partial charge < -0.3 is 20.0 Å². The molecule has 3 atom stereocenters. The van der Waals surface area contributed by atoms with E-state index >= 15 is 0 Å². The topological polar surface area (TPSA) is 98.3 Å². The van der Waals surface area contributed by atoms with E-state index in [-0.39, 0.29) is 29.9 Å². The van der Waals surface area contributed by atoms with E-state index in [9.17, 15) is 9.59 Å². The first-order valence-electron chi connectivity index (χ1n) is 11.2. The van der Waals surface area contributed by atoms with Gasteiger partial charge in [-0.2, -0.15) is 5.10 Å². The minimum Gasteiger partial charge on any atom is -0.462 e. The Balaban J connectivity index is 1.16. The number of nitrogens with zero attached hydrogens (tertiary/aromatic N) is 3. The Morgan fingerprint density at radius 1 is 1.18 bits per heavy atom. The van der Waals surface area contributed by atoms with Crippen molar-refractivity contribution in [3.8, 4) is 0 Å². The van der Waals surface area contributed by atoms with Crippen molar-refractivity contribution >= 4 is 34.5 Å². The maximum atomic E-state index is 12.5. The Labute approximate surface area is 202 Å². The molecule has 3 heterocycles.